The van der Waals surface area contributed by atoms with Gasteiger partial charge in [0.15, 0.2) is 5.16 Å². The Balaban J connectivity index is 1.17. The van der Waals surface area contributed by atoms with Gasteiger partial charge < -0.3 is 15.1 Å². The van der Waals surface area contributed by atoms with Crippen molar-refractivity contribution in [3.8, 4) is 0 Å². The van der Waals surface area contributed by atoms with Gasteiger partial charge in [-0.1, -0.05) is 84.9 Å². The molecule has 8 heteroatoms. The number of aromatic nitrogens is 2. The molecule has 0 unspecified atom stereocenters. The molecule has 1 aliphatic heterocycles. The lowest BCUT2D eigenvalue weighted by Gasteiger charge is -2.37. The Bertz CT molecular complexity index is 1390. The van der Waals surface area contributed by atoms with Gasteiger partial charge in [-0.05, 0) is 41.8 Å². The number of carbonyl (C=O) groups is 1. The molecule has 1 fully saturated rings. The van der Waals surface area contributed by atoms with E-state index in [0.29, 0.717) is 12.1 Å². The van der Waals surface area contributed by atoms with Gasteiger partial charge in [0.1, 0.15) is 5.82 Å². The quantitative estimate of drug-likeness (QED) is 0.194. The predicted molar refractivity (Wildman–Crippen MR) is 161 cm³/mol. The lowest BCUT2D eigenvalue weighted by molar-refractivity contribution is 0.0951. The number of benzene rings is 3. The number of halogens is 1. The summed E-state index contributed by atoms with van der Waals surface area (Å²) in [5, 5.41) is 4.55. The maximum absolute atomic E-state index is 12.5. The van der Waals surface area contributed by atoms with Crippen LogP contribution in [0, 0.1) is 0 Å². The zero-order valence-electron chi connectivity index (χ0n) is 22.0. The molecule has 1 saturated heterocycles. The Hall–Kier alpha value is -3.55. The molecule has 0 spiro atoms. The van der Waals surface area contributed by atoms with Gasteiger partial charge in [-0.2, -0.15) is 0 Å². The summed E-state index contributed by atoms with van der Waals surface area (Å²) in [6, 6.07) is 27.8. The van der Waals surface area contributed by atoms with Crippen LogP contribution in [0.4, 0.5) is 11.5 Å². The molecule has 0 bridgehead atoms. The summed E-state index contributed by atoms with van der Waals surface area (Å²) in [7, 11) is 0. The molecule has 1 N–H and O–H groups in total. The van der Waals surface area contributed by atoms with Crippen LogP contribution < -0.4 is 15.1 Å². The number of aryl methyl sites for hydroxylation is 1. The standard InChI is InChI=1S/C31H32ClN5OS/c1-2-26-20-29(37-18-16-36(17-19-37)28-11-7-6-10-27(28)32)35-31(34-26)39-22-24-12-14-25(15-13-24)30(38)33-21-23-8-4-3-5-9-23/h3-15,20H,2,16-19,21-22H2,1H3,(H,33,38). The van der Waals surface area contributed by atoms with E-state index in [1.165, 1.54) is 0 Å². The van der Waals surface area contributed by atoms with Crippen LogP contribution in [0.15, 0.2) is 90.1 Å². The highest BCUT2D eigenvalue weighted by atomic mass is 35.5. The van der Waals surface area contributed by atoms with Crippen molar-refractivity contribution in [2.45, 2.75) is 30.8 Å². The highest BCUT2D eigenvalue weighted by Crippen LogP contribution is 2.28. The topological polar surface area (TPSA) is 61.4 Å². The van der Waals surface area contributed by atoms with Gasteiger partial charge in [0.05, 0.1) is 10.7 Å². The SMILES string of the molecule is CCc1cc(N2CCN(c3ccccc3Cl)CC2)nc(SCc2ccc(C(=O)NCc3ccccc3)cc2)n1. The molecule has 2 heterocycles. The van der Waals surface area contributed by atoms with Gasteiger partial charge >= 0.3 is 0 Å². The molecule has 4 aromatic rings. The zero-order chi connectivity index (χ0) is 27.0. The third-order valence-corrected chi connectivity index (χ3v) is 8.02. The largest absolute Gasteiger partial charge is 0.367 e. The van der Waals surface area contributed by atoms with Crippen LogP contribution in [0.3, 0.4) is 0 Å². The van der Waals surface area contributed by atoms with Crippen LogP contribution in [-0.4, -0.2) is 42.1 Å². The molecule has 3 aromatic carbocycles. The monoisotopic (exact) mass is 557 g/mol. The molecule has 0 radical (unpaired) electrons. The summed E-state index contributed by atoms with van der Waals surface area (Å²) in [5.41, 5.74) is 4.99. The third-order valence-electron chi connectivity index (χ3n) is 6.78. The van der Waals surface area contributed by atoms with Crippen molar-refractivity contribution in [2.75, 3.05) is 36.0 Å². The first-order valence-electron chi connectivity index (χ1n) is 13.3. The van der Waals surface area contributed by atoms with Crippen LogP contribution in [0.1, 0.15) is 34.1 Å². The molecule has 1 aromatic heterocycles. The molecule has 5 rings (SSSR count). The predicted octanol–water partition coefficient (Wildman–Crippen LogP) is 6.24. The lowest BCUT2D eigenvalue weighted by Crippen LogP contribution is -2.47. The Kier molecular flexibility index (Phi) is 9.01. The van der Waals surface area contributed by atoms with Gasteiger partial charge in [-0.25, -0.2) is 9.97 Å². The summed E-state index contributed by atoms with van der Waals surface area (Å²) in [6.45, 7) is 6.18. The van der Waals surface area contributed by atoms with E-state index in [-0.39, 0.29) is 5.91 Å². The van der Waals surface area contributed by atoms with E-state index in [2.05, 4.69) is 34.2 Å². The highest BCUT2D eigenvalue weighted by Gasteiger charge is 2.21. The fourth-order valence-electron chi connectivity index (χ4n) is 4.53. The Labute approximate surface area is 239 Å². The Morgan fingerprint density at radius 2 is 1.56 bits per heavy atom. The van der Waals surface area contributed by atoms with Crippen molar-refractivity contribution in [1.29, 1.82) is 0 Å². The first-order valence-corrected chi connectivity index (χ1v) is 14.6. The lowest BCUT2D eigenvalue weighted by atomic mass is 10.1. The van der Waals surface area contributed by atoms with Crippen molar-refractivity contribution < 1.29 is 4.79 Å². The minimum atomic E-state index is -0.0729. The molecule has 6 nitrogen and oxygen atoms in total. The average molecular weight is 558 g/mol. The molecule has 0 saturated carbocycles. The van der Waals surface area contributed by atoms with Crippen LogP contribution in [0.25, 0.3) is 0 Å². The van der Waals surface area contributed by atoms with E-state index in [4.69, 9.17) is 21.6 Å². The van der Waals surface area contributed by atoms with Crippen molar-refractivity contribution >= 4 is 40.8 Å². The smallest absolute Gasteiger partial charge is 0.251 e. The maximum atomic E-state index is 12.5. The zero-order valence-corrected chi connectivity index (χ0v) is 23.6. The van der Waals surface area contributed by atoms with Gasteiger partial charge in [-0.3, -0.25) is 4.79 Å². The Morgan fingerprint density at radius 1 is 0.872 bits per heavy atom. The summed E-state index contributed by atoms with van der Waals surface area (Å²) in [4.78, 5) is 26.9. The second kappa shape index (κ2) is 13.0. The van der Waals surface area contributed by atoms with Gasteiger partial charge in [-0.15, -0.1) is 0 Å². The number of amides is 1. The van der Waals surface area contributed by atoms with Crippen LogP contribution in [-0.2, 0) is 18.7 Å². The van der Waals surface area contributed by atoms with Crippen molar-refractivity contribution in [2.24, 2.45) is 0 Å². The minimum absolute atomic E-state index is 0.0729. The Morgan fingerprint density at radius 3 is 2.28 bits per heavy atom. The normalized spacial score (nSPS) is 13.4. The average Bonchev–Trinajstić information content (AvgIpc) is 3.00. The minimum Gasteiger partial charge on any atom is -0.367 e. The first-order chi connectivity index (χ1) is 19.1. The second-order valence-corrected chi connectivity index (χ2v) is 10.8. The van der Waals surface area contributed by atoms with E-state index >= 15 is 0 Å². The molecule has 1 aliphatic rings. The number of anilines is 2. The number of piperazine rings is 1. The fraction of sp³-hybridized carbons (Fsp3) is 0.258. The summed E-state index contributed by atoms with van der Waals surface area (Å²) in [5.74, 6) is 1.64. The van der Waals surface area contributed by atoms with Crippen LogP contribution in [0.5, 0.6) is 0 Å². The van der Waals surface area contributed by atoms with Crippen LogP contribution >= 0.6 is 23.4 Å². The van der Waals surface area contributed by atoms with Crippen molar-refractivity contribution in [3.63, 3.8) is 0 Å². The van der Waals surface area contributed by atoms with Crippen LogP contribution in [0.2, 0.25) is 5.02 Å². The second-order valence-electron chi connectivity index (χ2n) is 9.43. The number of hydrogen-bond donors (Lipinski definition) is 1. The number of hydrogen-bond acceptors (Lipinski definition) is 6. The molecular weight excluding hydrogens is 526 g/mol. The van der Waals surface area contributed by atoms with Crippen molar-refractivity contribution in [1.82, 2.24) is 15.3 Å². The maximum Gasteiger partial charge on any atom is 0.251 e. The molecule has 1 amide bonds. The van der Waals surface area contributed by atoms with E-state index in [0.717, 1.165) is 76.9 Å². The third kappa shape index (κ3) is 7.11. The molecule has 200 valence electrons. The number of nitrogens with zero attached hydrogens (tertiary/aromatic N) is 4. The summed E-state index contributed by atoms with van der Waals surface area (Å²) in [6.07, 6.45) is 0.857. The molecular formula is C31H32ClN5OS. The fourth-order valence-corrected chi connectivity index (χ4v) is 5.62. The number of thioether (sulfide) groups is 1. The van der Waals surface area contributed by atoms with Gasteiger partial charge in [0, 0.05) is 55.8 Å². The van der Waals surface area contributed by atoms with Gasteiger partial charge in [0.25, 0.3) is 5.91 Å². The van der Waals surface area contributed by atoms with E-state index in [1.54, 1.807) is 11.8 Å². The molecule has 39 heavy (non-hydrogen) atoms. The molecule has 0 aliphatic carbocycles. The van der Waals surface area contributed by atoms with Crippen molar-refractivity contribution in [3.05, 3.63) is 112 Å². The first kappa shape index (κ1) is 27.0. The number of nitrogens with one attached hydrogen (secondary N) is 1. The van der Waals surface area contributed by atoms with E-state index in [1.807, 2.05) is 72.8 Å². The number of rotatable bonds is 9. The highest BCUT2D eigenvalue weighted by molar-refractivity contribution is 7.98. The number of carbonyl (C=O) groups excluding carboxylic acids is 1. The van der Waals surface area contributed by atoms with E-state index < -0.39 is 0 Å². The van der Waals surface area contributed by atoms with Gasteiger partial charge in [0.2, 0.25) is 0 Å². The number of para-hydroxylation sites is 1. The summed E-state index contributed by atoms with van der Waals surface area (Å²) >= 11 is 8.04. The van der Waals surface area contributed by atoms with E-state index in [9.17, 15) is 4.79 Å². The molecule has 0 atom stereocenters. The summed E-state index contributed by atoms with van der Waals surface area (Å²) < 4.78 is 0.